The fourth-order valence-electron chi connectivity index (χ4n) is 4.73. The zero-order chi connectivity index (χ0) is 21.2. The maximum absolute atomic E-state index is 12.9. The summed E-state index contributed by atoms with van der Waals surface area (Å²) in [7, 11) is 2.19. The number of piperidine rings is 2. The van der Waals surface area contributed by atoms with Crippen molar-refractivity contribution in [1.29, 1.82) is 0 Å². The summed E-state index contributed by atoms with van der Waals surface area (Å²) in [6, 6.07) is 8.33. The summed E-state index contributed by atoms with van der Waals surface area (Å²) in [6.07, 6.45) is 7.35. The monoisotopic (exact) mass is 420 g/mol. The molecule has 0 aliphatic carbocycles. The standard InChI is InChI=1S/C23H28N6O2/c1-28-8-6-19(7-9-28)29-10-4-16(5-11-29)23(30)25-22-13-18-12-17(21-14-24-15-31-21)2-3-20(18)26-27-22/h2-3,12-16,19H,4-11H2,1H3,(H,25,27,30). The van der Waals surface area contributed by atoms with E-state index in [0.717, 1.165) is 42.4 Å². The molecule has 4 heterocycles. The highest BCUT2D eigenvalue weighted by molar-refractivity contribution is 5.94. The minimum absolute atomic E-state index is 0.0283. The first-order valence-corrected chi connectivity index (χ1v) is 11.1. The van der Waals surface area contributed by atoms with Gasteiger partial charge in [-0.2, -0.15) is 0 Å². The van der Waals surface area contributed by atoms with E-state index in [1.54, 1.807) is 6.20 Å². The molecule has 0 saturated carbocycles. The number of oxazole rings is 1. The zero-order valence-corrected chi connectivity index (χ0v) is 17.8. The molecule has 2 aliphatic heterocycles. The average Bonchev–Trinajstić information content (AvgIpc) is 3.34. The molecule has 1 aromatic carbocycles. The highest BCUT2D eigenvalue weighted by Gasteiger charge is 2.30. The summed E-state index contributed by atoms with van der Waals surface area (Å²) in [5.74, 6) is 1.26. The molecule has 1 amide bonds. The molecule has 2 saturated heterocycles. The van der Waals surface area contributed by atoms with E-state index in [9.17, 15) is 4.79 Å². The molecule has 0 atom stereocenters. The number of carbonyl (C=O) groups is 1. The van der Waals surface area contributed by atoms with Crippen LogP contribution in [-0.2, 0) is 4.79 Å². The number of nitrogens with one attached hydrogen (secondary N) is 1. The molecule has 2 aliphatic rings. The summed E-state index contributed by atoms with van der Waals surface area (Å²) in [6.45, 7) is 4.33. The molecule has 0 unspecified atom stereocenters. The van der Waals surface area contributed by atoms with Gasteiger partial charge in [-0.15, -0.1) is 10.2 Å². The second-order valence-electron chi connectivity index (χ2n) is 8.70. The van der Waals surface area contributed by atoms with Crippen molar-refractivity contribution in [1.82, 2.24) is 25.0 Å². The number of hydrogen-bond donors (Lipinski definition) is 1. The Labute approximate surface area is 181 Å². The highest BCUT2D eigenvalue weighted by Crippen LogP contribution is 2.26. The van der Waals surface area contributed by atoms with Gasteiger partial charge in [-0.1, -0.05) is 0 Å². The number of benzene rings is 1. The Bertz CT molecular complexity index is 1040. The van der Waals surface area contributed by atoms with Gasteiger partial charge in [0.25, 0.3) is 0 Å². The molecule has 0 radical (unpaired) electrons. The van der Waals surface area contributed by atoms with Crippen LogP contribution in [-0.4, -0.2) is 70.2 Å². The van der Waals surface area contributed by atoms with E-state index in [0.29, 0.717) is 17.6 Å². The summed E-state index contributed by atoms with van der Waals surface area (Å²) in [5.41, 5.74) is 1.68. The van der Waals surface area contributed by atoms with Crippen molar-refractivity contribution >= 4 is 22.6 Å². The Kier molecular flexibility index (Phi) is 5.65. The molecule has 1 N–H and O–H groups in total. The van der Waals surface area contributed by atoms with E-state index in [2.05, 4.69) is 37.3 Å². The minimum atomic E-state index is 0.0283. The lowest BCUT2D eigenvalue weighted by Crippen LogP contribution is -2.48. The van der Waals surface area contributed by atoms with Crippen LogP contribution in [0, 0.1) is 5.92 Å². The Balaban J connectivity index is 1.21. The largest absolute Gasteiger partial charge is 0.444 e. The lowest BCUT2D eigenvalue weighted by molar-refractivity contribution is -0.121. The number of amides is 1. The Hall–Kier alpha value is -2.84. The van der Waals surface area contributed by atoms with Gasteiger partial charge in [-0.3, -0.25) is 4.79 Å². The molecule has 5 rings (SSSR count). The van der Waals surface area contributed by atoms with Crippen LogP contribution in [0.25, 0.3) is 22.2 Å². The van der Waals surface area contributed by atoms with Crippen LogP contribution < -0.4 is 5.32 Å². The van der Waals surface area contributed by atoms with E-state index in [4.69, 9.17) is 4.42 Å². The van der Waals surface area contributed by atoms with Crippen molar-refractivity contribution in [2.75, 3.05) is 38.5 Å². The van der Waals surface area contributed by atoms with E-state index in [1.807, 2.05) is 24.3 Å². The first-order chi connectivity index (χ1) is 15.2. The van der Waals surface area contributed by atoms with Crippen LogP contribution in [0.15, 0.2) is 41.3 Å². The van der Waals surface area contributed by atoms with E-state index in [-0.39, 0.29) is 11.8 Å². The van der Waals surface area contributed by atoms with Gasteiger partial charge in [-0.25, -0.2) is 4.98 Å². The molecule has 0 bridgehead atoms. The topological polar surface area (TPSA) is 87.4 Å². The van der Waals surface area contributed by atoms with Gasteiger partial charge < -0.3 is 19.5 Å². The molecule has 162 valence electrons. The third-order valence-corrected chi connectivity index (χ3v) is 6.66. The van der Waals surface area contributed by atoms with Crippen molar-refractivity contribution < 1.29 is 9.21 Å². The van der Waals surface area contributed by atoms with Crippen molar-refractivity contribution in [3.63, 3.8) is 0 Å². The number of aromatic nitrogens is 3. The second-order valence-corrected chi connectivity index (χ2v) is 8.70. The van der Waals surface area contributed by atoms with Crippen LogP contribution in [0.5, 0.6) is 0 Å². The van der Waals surface area contributed by atoms with Crippen molar-refractivity contribution in [3.05, 3.63) is 36.9 Å². The van der Waals surface area contributed by atoms with Gasteiger partial charge in [0.05, 0.1) is 11.7 Å². The minimum Gasteiger partial charge on any atom is -0.444 e. The molecule has 3 aromatic rings. The van der Waals surface area contributed by atoms with Crippen molar-refractivity contribution in [3.8, 4) is 11.3 Å². The van der Waals surface area contributed by atoms with Crippen LogP contribution in [0.4, 0.5) is 5.82 Å². The first kappa shape index (κ1) is 20.1. The molecular formula is C23H28N6O2. The SMILES string of the molecule is CN1CCC(N2CCC(C(=O)Nc3cc4cc(-c5cnco5)ccc4nn3)CC2)CC1. The smallest absolute Gasteiger partial charge is 0.228 e. The number of fused-ring (bicyclic) bond motifs is 1. The van der Waals surface area contributed by atoms with E-state index < -0.39 is 0 Å². The van der Waals surface area contributed by atoms with Gasteiger partial charge in [-0.05, 0) is 83.2 Å². The summed E-state index contributed by atoms with van der Waals surface area (Å²) < 4.78 is 5.38. The van der Waals surface area contributed by atoms with Crippen molar-refractivity contribution in [2.24, 2.45) is 5.92 Å². The predicted molar refractivity (Wildman–Crippen MR) is 118 cm³/mol. The third kappa shape index (κ3) is 4.45. The Morgan fingerprint density at radius 1 is 1.06 bits per heavy atom. The zero-order valence-electron chi connectivity index (χ0n) is 17.8. The lowest BCUT2D eigenvalue weighted by Gasteiger charge is -2.40. The number of rotatable bonds is 4. The van der Waals surface area contributed by atoms with Gasteiger partial charge in [0.15, 0.2) is 18.0 Å². The number of hydrogen-bond acceptors (Lipinski definition) is 7. The Morgan fingerprint density at radius 2 is 1.87 bits per heavy atom. The fourth-order valence-corrected chi connectivity index (χ4v) is 4.73. The first-order valence-electron chi connectivity index (χ1n) is 11.1. The second kappa shape index (κ2) is 8.72. The molecule has 8 heteroatoms. The highest BCUT2D eigenvalue weighted by atomic mass is 16.3. The normalized spacial score (nSPS) is 19.6. The van der Waals surface area contributed by atoms with E-state index >= 15 is 0 Å². The van der Waals surface area contributed by atoms with Crippen LogP contribution in [0.3, 0.4) is 0 Å². The summed E-state index contributed by atoms with van der Waals surface area (Å²) in [4.78, 5) is 21.8. The van der Waals surface area contributed by atoms with Gasteiger partial charge >= 0.3 is 0 Å². The fraction of sp³-hybridized carbons (Fsp3) is 0.478. The van der Waals surface area contributed by atoms with Gasteiger partial charge in [0.1, 0.15) is 0 Å². The summed E-state index contributed by atoms with van der Waals surface area (Å²) in [5, 5.41) is 12.3. The third-order valence-electron chi connectivity index (χ3n) is 6.66. The average molecular weight is 421 g/mol. The van der Waals surface area contributed by atoms with Gasteiger partial charge in [0, 0.05) is 22.9 Å². The van der Waals surface area contributed by atoms with Gasteiger partial charge in [0.2, 0.25) is 5.91 Å². The van der Waals surface area contributed by atoms with Crippen LogP contribution in [0.2, 0.25) is 0 Å². The number of likely N-dealkylation sites (tertiary alicyclic amines) is 2. The lowest BCUT2D eigenvalue weighted by atomic mass is 9.93. The molecule has 8 nitrogen and oxygen atoms in total. The maximum Gasteiger partial charge on any atom is 0.228 e. The van der Waals surface area contributed by atoms with Crippen LogP contribution in [0.1, 0.15) is 25.7 Å². The molecule has 31 heavy (non-hydrogen) atoms. The number of carbonyl (C=O) groups excluding carboxylic acids is 1. The number of anilines is 1. The molecule has 0 spiro atoms. The quantitative estimate of drug-likeness (QED) is 0.694. The van der Waals surface area contributed by atoms with E-state index in [1.165, 1.54) is 32.3 Å². The number of nitrogens with zero attached hydrogens (tertiary/aromatic N) is 5. The molecular weight excluding hydrogens is 392 g/mol. The van der Waals surface area contributed by atoms with Crippen LogP contribution >= 0.6 is 0 Å². The summed E-state index contributed by atoms with van der Waals surface area (Å²) >= 11 is 0. The molecule has 2 aromatic heterocycles. The predicted octanol–water partition coefficient (Wildman–Crippen LogP) is 3.03. The Morgan fingerprint density at radius 3 is 2.61 bits per heavy atom. The molecule has 2 fully saturated rings. The maximum atomic E-state index is 12.9. The van der Waals surface area contributed by atoms with Crippen molar-refractivity contribution in [2.45, 2.75) is 31.7 Å².